The molecule has 7 nitrogen and oxygen atoms in total. The number of nitrogens with zero attached hydrogens (tertiary/aromatic N) is 4. The SMILES string of the molecule is Cn1ccnc1[C@@H]1CN(C(=O)CCn2cc(Br)ccc2=O)C[C@H]1N. The lowest BCUT2D eigenvalue weighted by atomic mass is 10.0. The quantitative estimate of drug-likeness (QED) is 0.827. The monoisotopic (exact) mass is 393 g/mol. The van der Waals surface area contributed by atoms with E-state index < -0.39 is 0 Å². The number of aromatic nitrogens is 3. The first kappa shape index (κ1) is 16.9. The van der Waals surface area contributed by atoms with E-state index in [4.69, 9.17) is 5.73 Å². The molecule has 2 aromatic heterocycles. The van der Waals surface area contributed by atoms with Crippen molar-refractivity contribution in [3.63, 3.8) is 0 Å². The van der Waals surface area contributed by atoms with E-state index in [2.05, 4.69) is 20.9 Å². The highest BCUT2D eigenvalue weighted by Gasteiger charge is 2.35. The van der Waals surface area contributed by atoms with Crippen molar-refractivity contribution in [3.8, 4) is 0 Å². The fraction of sp³-hybridized carbons (Fsp3) is 0.438. The number of pyridine rings is 1. The molecular formula is C16H20BrN5O2. The maximum Gasteiger partial charge on any atom is 0.250 e. The zero-order valence-corrected chi connectivity index (χ0v) is 15.0. The Balaban J connectivity index is 1.63. The average molecular weight is 394 g/mol. The number of amides is 1. The Kier molecular flexibility index (Phi) is 4.86. The Bertz CT molecular complexity index is 800. The Hall–Kier alpha value is -1.93. The van der Waals surface area contributed by atoms with Crippen LogP contribution in [0.5, 0.6) is 0 Å². The van der Waals surface area contributed by atoms with Crippen LogP contribution in [0, 0.1) is 0 Å². The molecule has 1 saturated heterocycles. The molecule has 3 heterocycles. The van der Waals surface area contributed by atoms with Gasteiger partial charge in [0.25, 0.3) is 5.56 Å². The second-order valence-electron chi connectivity index (χ2n) is 6.09. The van der Waals surface area contributed by atoms with Gasteiger partial charge < -0.3 is 19.8 Å². The lowest BCUT2D eigenvalue weighted by Gasteiger charge is -2.16. The van der Waals surface area contributed by atoms with Crippen molar-refractivity contribution >= 4 is 21.8 Å². The molecule has 8 heteroatoms. The predicted molar refractivity (Wildman–Crippen MR) is 93.5 cm³/mol. The van der Waals surface area contributed by atoms with E-state index in [-0.39, 0.29) is 29.8 Å². The van der Waals surface area contributed by atoms with Gasteiger partial charge in [-0.2, -0.15) is 0 Å². The van der Waals surface area contributed by atoms with Crippen LogP contribution in [0.4, 0.5) is 0 Å². The molecule has 2 aromatic rings. The molecule has 0 bridgehead atoms. The van der Waals surface area contributed by atoms with Crippen molar-refractivity contribution in [3.05, 3.63) is 51.4 Å². The number of rotatable bonds is 4. The first-order valence-corrected chi connectivity index (χ1v) is 8.61. The van der Waals surface area contributed by atoms with Gasteiger partial charge in [-0.3, -0.25) is 9.59 Å². The average Bonchev–Trinajstić information content (AvgIpc) is 3.13. The molecule has 0 saturated carbocycles. The largest absolute Gasteiger partial charge is 0.340 e. The van der Waals surface area contributed by atoms with Gasteiger partial charge in [0, 0.05) is 68.3 Å². The molecule has 0 unspecified atom stereocenters. The minimum absolute atomic E-state index is 0.00837. The van der Waals surface area contributed by atoms with E-state index in [1.165, 1.54) is 10.6 Å². The summed E-state index contributed by atoms with van der Waals surface area (Å²) in [6.45, 7) is 1.44. The summed E-state index contributed by atoms with van der Waals surface area (Å²) < 4.78 is 4.29. The van der Waals surface area contributed by atoms with Gasteiger partial charge in [0.15, 0.2) is 0 Å². The predicted octanol–water partition coefficient (Wildman–Crippen LogP) is 0.688. The second-order valence-corrected chi connectivity index (χ2v) is 7.01. The van der Waals surface area contributed by atoms with Gasteiger partial charge in [0.1, 0.15) is 5.82 Å². The minimum atomic E-state index is -0.122. The third kappa shape index (κ3) is 3.44. The van der Waals surface area contributed by atoms with E-state index in [9.17, 15) is 9.59 Å². The molecule has 2 N–H and O–H groups in total. The smallest absolute Gasteiger partial charge is 0.250 e. The normalized spacial score (nSPS) is 20.5. The number of hydrogen-bond acceptors (Lipinski definition) is 4. The third-order valence-electron chi connectivity index (χ3n) is 4.42. The van der Waals surface area contributed by atoms with Crippen LogP contribution in [0.1, 0.15) is 18.2 Å². The Morgan fingerprint density at radius 1 is 1.42 bits per heavy atom. The van der Waals surface area contributed by atoms with Crippen molar-refractivity contribution in [2.75, 3.05) is 13.1 Å². The van der Waals surface area contributed by atoms with Crippen LogP contribution in [0.15, 0.2) is 40.0 Å². The first-order valence-electron chi connectivity index (χ1n) is 7.82. The minimum Gasteiger partial charge on any atom is -0.340 e. The number of likely N-dealkylation sites (tertiary alicyclic amines) is 1. The molecule has 1 aliphatic heterocycles. The summed E-state index contributed by atoms with van der Waals surface area (Å²) in [6.07, 6.45) is 5.59. The van der Waals surface area contributed by atoms with Crippen molar-refractivity contribution in [2.24, 2.45) is 12.8 Å². The van der Waals surface area contributed by atoms with Crippen molar-refractivity contribution < 1.29 is 4.79 Å². The Labute approximate surface area is 148 Å². The van der Waals surface area contributed by atoms with Crippen LogP contribution in [0.2, 0.25) is 0 Å². The summed E-state index contributed by atoms with van der Waals surface area (Å²) in [7, 11) is 1.93. The Morgan fingerprint density at radius 2 is 2.21 bits per heavy atom. The Morgan fingerprint density at radius 3 is 2.92 bits per heavy atom. The van der Waals surface area contributed by atoms with E-state index in [1.54, 1.807) is 23.4 Å². The lowest BCUT2D eigenvalue weighted by molar-refractivity contribution is -0.130. The van der Waals surface area contributed by atoms with Crippen LogP contribution in [-0.2, 0) is 18.4 Å². The second kappa shape index (κ2) is 6.90. The van der Waals surface area contributed by atoms with Gasteiger partial charge in [-0.25, -0.2) is 4.98 Å². The van der Waals surface area contributed by atoms with Gasteiger partial charge in [0.2, 0.25) is 5.91 Å². The van der Waals surface area contributed by atoms with E-state index in [1.807, 2.05) is 17.8 Å². The van der Waals surface area contributed by atoms with Gasteiger partial charge in [-0.05, 0) is 22.0 Å². The van der Waals surface area contributed by atoms with Gasteiger partial charge >= 0.3 is 0 Å². The molecule has 0 spiro atoms. The molecule has 0 radical (unpaired) electrons. The third-order valence-corrected chi connectivity index (χ3v) is 4.89. The molecule has 0 aromatic carbocycles. The van der Waals surface area contributed by atoms with Crippen molar-refractivity contribution in [1.29, 1.82) is 0 Å². The van der Waals surface area contributed by atoms with Crippen LogP contribution in [0.3, 0.4) is 0 Å². The fourth-order valence-corrected chi connectivity index (χ4v) is 3.47. The van der Waals surface area contributed by atoms with Gasteiger partial charge in [0.05, 0.1) is 5.92 Å². The highest BCUT2D eigenvalue weighted by atomic mass is 79.9. The molecule has 1 amide bonds. The number of nitrogens with two attached hydrogens (primary N) is 1. The molecule has 1 fully saturated rings. The van der Waals surface area contributed by atoms with Crippen LogP contribution in [0.25, 0.3) is 0 Å². The van der Waals surface area contributed by atoms with E-state index >= 15 is 0 Å². The molecule has 0 aliphatic carbocycles. The number of carbonyl (C=O) groups is 1. The van der Waals surface area contributed by atoms with Gasteiger partial charge in [-0.15, -0.1) is 0 Å². The zero-order valence-electron chi connectivity index (χ0n) is 13.4. The fourth-order valence-electron chi connectivity index (χ4n) is 3.09. The molecule has 2 atom stereocenters. The molecule has 3 rings (SSSR count). The first-order chi connectivity index (χ1) is 11.5. The molecule has 128 valence electrons. The van der Waals surface area contributed by atoms with Crippen LogP contribution in [-0.4, -0.2) is 44.1 Å². The number of carbonyl (C=O) groups excluding carboxylic acids is 1. The van der Waals surface area contributed by atoms with Crippen LogP contribution < -0.4 is 11.3 Å². The van der Waals surface area contributed by atoms with Gasteiger partial charge in [-0.1, -0.05) is 0 Å². The standard InChI is InChI=1S/C16H20BrN5O2/c1-20-7-5-19-16(20)12-9-22(10-13(12)18)15(24)4-6-21-8-11(17)2-3-14(21)23/h2-3,5,7-8,12-13H,4,6,9-10,18H2,1H3/t12-,13-/m1/s1. The summed E-state index contributed by atoms with van der Waals surface area (Å²) in [5, 5.41) is 0. The maximum atomic E-state index is 12.5. The van der Waals surface area contributed by atoms with E-state index in [0.29, 0.717) is 19.6 Å². The number of aryl methyl sites for hydroxylation is 2. The van der Waals surface area contributed by atoms with Crippen LogP contribution >= 0.6 is 15.9 Å². The highest BCUT2D eigenvalue weighted by Crippen LogP contribution is 2.25. The number of imidazole rings is 1. The van der Waals surface area contributed by atoms with Crippen molar-refractivity contribution in [2.45, 2.75) is 24.9 Å². The topological polar surface area (TPSA) is 86.2 Å². The summed E-state index contributed by atoms with van der Waals surface area (Å²) in [5.41, 5.74) is 6.09. The number of halogens is 1. The lowest BCUT2D eigenvalue weighted by Crippen LogP contribution is -2.33. The summed E-state index contributed by atoms with van der Waals surface area (Å²) in [6, 6.07) is 3.05. The zero-order chi connectivity index (χ0) is 17.3. The number of hydrogen-bond donors (Lipinski definition) is 1. The van der Waals surface area contributed by atoms with E-state index in [0.717, 1.165) is 10.3 Å². The molecule has 1 aliphatic rings. The molecule has 24 heavy (non-hydrogen) atoms. The summed E-state index contributed by atoms with van der Waals surface area (Å²) in [5.74, 6) is 0.956. The summed E-state index contributed by atoms with van der Waals surface area (Å²) >= 11 is 3.33. The summed E-state index contributed by atoms with van der Waals surface area (Å²) in [4.78, 5) is 30.4. The molecular weight excluding hydrogens is 374 g/mol. The van der Waals surface area contributed by atoms with Crippen molar-refractivity contribution in [1.82, 2.24) is 19.0 Å². The maximum absolute atomic E-state index is 12.5. The highest BCUT2D eigenvalue weighted by molar-refractivity contribution is 9.10.